The Bertz CT molecular complexity index is 924. The van der Waals surface area contributed by atoms with Crippen molar-refractivity contribution in [1.82, 2.24) is 15.0 Å². The molecular formula is C20H22ClN5O2. The van der Waals surface area contributed by atoms with E-state index >= 15 is 0 Å². The van der Waals surface area contributed by atoms with Gasteiger partial charge in [-0.15, -0.1) is 0 Å². The van der Waals surface area contributed by atoms with Gasteiger partial charge in [0.25, 0.3) is 0 Å². The molecule has 0 amide bonds. The molecule has 0 bridgehead atoms. The lowest BCUT2D eigenvalue weighted by Gasteiger charge is -2.19. The summed E-state index contributed by atoms with van der Waals surface area (Å²) in [5.41, 5.74) is 1.93. The van der Waals surface area contributed by atoms with Gasteiger partial charge in [0.15, 0.2) is 0 Å². The highest BCUT2D eigenvalue weighted by Gasteiger charge is 2.12. The summed E-state index contributed by atoms with van der Waals surface area (Å²) >= 11 is 6.17. The number of benzene rings is 1. The van der Waals surface area contributed by atoms with E-state index in [2.05, 4.69) is 25.2 Å². The Hall–Kier alpha value is -3.06. The monoisotopic (exact) mass is 399 g/mol. The topological polar surface area (TPSA) is 72.4 Å². The number of methoxy groups -OCH3 is 2. The van der Waals surface area contributed by atoms with Crippen LogP contribution in [0.5, 0.6) is 11.5 Å². The van der Waals surface area contributed by atoms with E-state index in [1.54, 1.807) is 38.7 Å². The number of nitrogens with one attached hydrogen (secondary N) is 1. The fourth-order valence-corrected chi connectivity index (χ4v) is 2.91. The average Bonchev–Trinajstić information content (AvgIpc) is 2.73. The van der Waals surface area contributed by atoms with E-state index in [4.69, 9.17) is 21.1 Å². The third-order valence-electron chi connectivity index (χ3n) is 4.27. The van der Waals surface area contributed by atoms with E-state index in [0.29, 0.717) is 28.0 Å². The smallest absolute Gasteiger partial charge is 0.144 e. The van der Waals surface area contributed by atoms with Crippen LogP contribution in [0.4, 0.5) is 17.3 Å². The lowest BCUT2D eigenvalue weighted by atomic mass is 10.2. The number of nitrogens with zero attached hydrogens (tertiary/aromatic N) is 4. The van der Waals surface area contributed by atoms with Crippen molar-refractivity contribution in [3.05, 3.63) is 59.6 Å². The summed E-state index contributed by atoms with van der Waals surface area (Å²) in [5.74, 6) is 2.60. The van der Waals surface area contributed by atoms with Crippen LogP contribution in [-0.4, -0.2) is 42.8 Å². The first-order valence-electron chi connectivity index (χ1n) is 8.71. The number of halogens is 1. The molecule has 0 spiro atoms. The van der Waals surface area contributed by atoms with Gasteiger partial charge >= 0.3 is 0 Å². The molecule has 0 unspecified atom stereocenters. The minimum absolute atomic E-state index is 0.476. The van der Waals surface area contributed by atoms with Gasteiger partial charge in [0.05, 0.1) is 24.9 Å². The van der Waals surface area contributed by atoms with Crippen LogP contribution in [0.15, 0.2) is 49.1 Å². The molecule has 1 aromatic carbocycles. The molecule has 7 nitrogen and oxygen atoms in total. The summed E-state index contributed by atoms with van der Waals surface area (Å²) in [4.78, 5) is 14.8. The number of ether oxygens (including phenoxy) is 2. The maximum Gasteiger partial charge on any atom is 0.144 e. The summed E-state index contributed by atoms with van der Waals surface area (Å²) in [5, 5.41) is 3.72. The first kappa shape index (κ1) is 19.7. The van der Waals surface area contributed by atoms with Crippen molar-refractivity contribution >= 4 is 28.9 Å². The summed E-state index contributed by atoms with van der Waals surface area (Å²) in [6.07, 6.45) is 6.03. The van der Waals surface area contributed by atoms with Gasteiger partial charge in [0.2, 0.25) is 0 Å². The lowest BCUT2D eigenvalue weighted by molar-refractivity contribution is 0.405. The zero-order valence-corrected chi connectivity index (χ0v) is 16.8. The Morgan fingerprint density at radius 2 is 1.79 bits per heavy atom. The number of hydrogen-bond donors (Lipinski definition) is 1. The predicted octanol–water partition coefficient (Wildman–Crippen LogP) is 3.96. The highest BCUT2D eigenvalue weighted by Crippen LogP contribution is 2.37. The van der Waals surface area contributed by atoms with Crippen molar-refractivity contribution in [3.8, 4) is 11.5 Å². The van der Waals surface area contributed by atoms with Crippen molar-refractivity contribution in [1.29, 1.82) is 0 Å². The van der Waals surface area contributed by atoms with Gasteiger partial charge in [-0.25, -0.2) is 9.97 Å². The highest BCUT2D eigenvalue weighted by atomic mass is 35.5. The van der Waals surface area contributed by atoms with E-state index < -0.39 is 0 Å². The SMILES string of the molecule is COc1cc(Nc2cc(N(C)CCc3ccncc3)ncn2)c(OC)cc1Cl. The first-order chi connectivity index (χ1) is 13.6. The van der Waals surface area contributed by atoms with Crippen LogP contribution in [0.1, 0.15) is 5.56 Å². The zero-order chi connectivity index (χ0) is 19.9. The van der Waals surface area contributed by atoms with Gasteiger partial charge in [-0.3, -0.25) is 4.98 Å². The molecule has 0 aliphatic heterocycles. The van der Waals surface area contributed by atoms with E-state index in [1.165, 1.54) is 11.9 Å². The van der Waals surface area contributed by atoms with Gasteiger partial charge in [0.1, 0.15) is 29.5 Å². The Morgan fingerprint density at radius 1 is 1.04 bits per heavy atom. The number of likely N-dealkylation sites (N-methyl/N-ethyl adjacent to an activating group) is 1. The van der Waals surface area contributed by atoms with Crippen LogP contribution in [0, 0.1) is 0 Å². The summed E-state index contributed by atoms with van der Waals surface area (Å²) in [7, 11) is 5.15. The summed E-state index contributed by atoms with van der Waals surface area (Å²) < 4.78 is 10.7. The fraction of sp³-hybridized carbons (Fsp3) is 0.250. The Morgan fingerprint density at radius 3 is 2.50 bits per heavy atom. The molecule has 0 saturated heterocycles. The molecule has 8 heteroatoms. The molecule has 0 radical (unpaired) electrons. The molecule has 0 atom stereocenters. The third-order valence-corrected chi connectivity index (χ3v) is 4.56. The predicted molar refractivity (Wildman–Crippen MR) is 111 cm³/mol. The van der Waals surface area contributed by atoms with Gasteiger partial charge < -0.3 is 19.7 Å². The summed E-state index contributed by atoms with van der Waals surface area (Å²) in [6, 6.07) is 9.39. The summed E-state index contributed by atoms with van der Waals surface area (Å²) in [6.45, 7) is 0.818. The molecule has 0 aliphatic rings. The van der Waals surface area contributed by atoms with Gasteiger partial charge in [-0.2, -0.15) is 0 Å². The number of aromatic nitrogens is 3. The van der Waals surface area contributed by atoms with E-state index in [-0.39, 0.29) is 0 Å². The third kappa shape index (κ3) is 4.80. The fourth-order valence-electron chi connectivity index (χ4n) is 2.68. The van der Waals surface area contributed by atoms with E-state index in [1.807, 2.05) is 25.2 Å². The second-order valence-electron chi connectivity index (χ2n) is 6.10. The quantitative estimate of drug-likeness (QED) is 0.614. The highest BCUT2D eigenvalue weighted by molar-refractivity contribution is 6.32. The minimum Gasteiger partial charge on any atom is -0.495 e. The van der Waals surface area contributed by atoms with E-state index in [0.717, 1.165) is 18.8 Å². The molecule has 1 N–H and O–H groups in total. The standard InChI is InChI=1S/C20H22ClN5O2/c1-26(9-6-14-4-7-22-8-5-14)20-12-19(23-13-24-20)25-16-11-17(27-2)15(21)10-18(16)28-3/h4-5,7-8,10-13H,6,9H2,1-3H3,(H,23,24,25). The van der Waals surface area contributed by atoms with E-state index in [9.17, 15) is 0 Å². The number of hydrogen-bond acceptors (Lipinski definition) is 7. The molecule has 2 heterocycles. The molecule has 2 aromatic heterocycles. The molecule has 28 heavy (non-hydrogen) atoms. The van der Waals surface area contributed by atoms with Crippen LogP contribution in [0.2, 0.25) is 5.02 Å². The van der Waals surface area contributed by atoms with Crippen molar-refractivity contribution in [2.45, 2.75) is 6.42 Å². The molecule has 0 aliphatic carbocycles. The minimum atomic E-state index is 0.476. The Balaban J connectivity index is 1.74. The zero-order valence-electron chi connectivity index (χ0n) is 16.0. The molecular weight excluding hydrogens is 378 g/mol. The van der Waals surface area contributed by atoms with Crippen molar-refractivity contribution in [2.24, 2.45) is 0 Å². The van der Waals surface area contributed by atoms with Crippen LogP contribution >= 0.6 is 11.6 Å². The van der Waals surface area contributed by atoms with Gasteiger partial charge in [0, 0.05) is 44.2 Å². The molecule has 146 valence electrons. The van der Waals surface area contributed by atoms with Crippen molar-refractivity contribution in [3.63, 3.8) is 0 Å². The lowest BCUT2D eigenvalue weighted by Crippen LogP contribution is -2.21. The Kier molecular flexibility index (Phi) is 6.49. The second kappa shape index (κ2) is 9.23. The Labute approximate surface area is 169 Å². The molecule has 0 fully saturated rings. The van der Waals surface area contributed by atoms with Gasteiger partial charge in [-0.05, 0) is 24.1 Å². The van der Waals surface area contributed by atoms with Crippen LogP contribution in [-0.2, 0) is 6.42 Å². The van der Waals surface area contributed by atoms with Crippen LogP contribution in [0.3, 0.4) is 0 Å². The van der Waals surface area contributed by atoms with Crippen molar-refractivity contribution in [2.75, 3.05) is 38.0 Å². The maximum atomic E-state index is 6.17. The number of pyridine rings is 1. The average molecular weight is 400 g/mol. The van der Waals surface area contributed by atoms with Crippen molar-refractivity contribution < 1.29 is 9.47 Å². The number of anilines is 3. The van der Waals surface area contributed by atoms with Crippen LogP contribution < -0.4 is 19.7 Å². The first-order valence-corrected chi connectivity index (χ1v) is 9.09. The van der Waals surface area contributed by atoms with Gasteiger partial charge in [-0.1, -0.05) is 11.6 Å². The van der Waals surface area contributed by atoms with Crippen LogP contribution in [0.25, 0.3) is 0 Å². The molecule has 0 saturated carbocycles. The second-order valence-corrected chi connectivity index (χ2v) is 6.51. The largest absolute Gasteiger partial charge is 0.495 e. The molecule has 3 rings (SSSR count). The maximum absolute atomic E-state index is 6.17. The number of rotatable bonds is 8. The molecule has 3 aromatic rings. The normalized spacial score (nSPS) is 10.4.